The van der Waals surface area contributed by atoms with Gasteiger partial charge >= 0.3 is 29.6 Å². The van der Waals surface area contributed by atoms with Gasteiger partial charge in [0.1, 0.15) is 16.8 Å². The van der Waals surface area contributed by atoms with Crippen LogP contribution in [0.4, 0.5) is 0 Å². The van der Waals surface area contributed by atoms with Crippen LogP contribution >= 0.6 is 11.7 Å². The molecule has 4 aromatic rings. The van der Waals surface area contributed by atoms with Crippen LogP contribution in [0.2, 0.25) is 0 Å². The van der Waals surface area contributed by atoms with E-state index in [4.69, 9.17) is 14.2 Å². The van der Waals surface area contributed by atoms with Crippen molar-refractivity contribution in [2.24, 2.45) is 0 Å². The Balaban J connectivity index is 0.00000304. The monoisotopic (exact) mass is 510 g/mol. The van der Waals surface area contributed by atoms with Gasteiger partial charge in [0.05, 0.1) is 24.8 Å². The van der Waals surface area contributed by atoms with E-state index in [-0.39, 0.29) is 59.5 Å². The van der Waals surface area contributed by atoms with Crippen molar-refractivity contribution in [2.45, 2.75) is 13.3 Å². The molecule has 0 fully saturated rings. The molecule has 1 aromatic heterocycles. The number of methoxy groups -OCH3 is 1. The van der Waals surface area contributed by atoms with Crippen molar-refractivity contribution in [1.29, 1.82) is 0 Å². The van der Waals surface area contributed by atoms with Crippen molar-refractivity contribution in [1.82, 2.24) is 8.75 Å². The molecule has 0 saturated carbocycles. The summed E-state index contributed by atoms with van der Waals surface area (Å²) in [7, 11) is 1.58. The van der Waals surface area contributed by atoms with Gasteiger partial charge in [0.2, 0.25) is 6.79 Å². The van der Waals surface area contributed by atoms with Gasteiger partial charge in [-0.2, -0.15) is 8.75 Å². The summed E-state index contributed by atoms with van der Waals surface area (Å²) in [6, 6.07) is 15.1. The molecule has 176 valence electrons. The Bertz CT molecular complexity index is 1510. The average molecular weight is 511 g/mol. The van der Waals surface area contributed by atoms with Crippen molar-refractivity contribution in [3.05, 3.63) is 82.4 Å². The van der Waals surface area contributed by atoms with Crippen molar-refractivity contribution >= 4 is 40.1 Å². The number of ether oxygens (including phenoxy) is 3. The van der Waals surface area contributed by atoms with Crippen LogP contribution in [0.1, 0.15) is 27.0 Å². The normalized spacial score (nSPS) is 12.6. The maximum atomic E-state index is 13.8. The molecular formula is C26H19N2NaO6S. The minimum Gasteiger partial charge on any atom is -0.545 e. The van der Waals surface area contributed by atoms with Crippen molar-refractivity contribution in [3.8, 4) is 17.2 Å². The molecule has 10 heteroatoms. The molecule has 36 heavy (non-hydrogen) atoms. The molecule has 0 aliphatic carbocycles. The molecule has 1 aliphatic rings. The number of Topliss-reactive ketones (excluding diaryl/α,β-unsaturated/α-hetero) is 1. The zero-order chi connectivity index (χ0) is 24.5. The Labute approximate surface area is 233 Å². The second kappa shape index (κ2) is 10.8. The standard InChI is InChI=1S/C26H20N2O6S.Na/c1-14-9-15(3-7-21(14)32-2)10-18(25(29)17-5-8-22-23(12-17)34-13-33-22)24(26(30)31)16-4-6-19-20(11-16)28-35-27-19;/h3-9,11-12H,10,13H2,1-2H3,(H,30,31);/q;+1/p-1/b24-18+;. The Kier molecular flexibility index (Phi) is 7.75. The number of carboxylic acid groups (broad SMARTS) is 1. The quantitative estimate of drug-likeness (QED) is 0.199. The third-order valence-corrected chi connectivity index (χ3v) is 6.35. The minimum atomic E-state index is -1.46. The first-order chi connectivity index (χ1) is 16.9. The van der Waals surface area contributed by atoms with E-state index in [1.54, 1.807) is 55.6 Å². The first-order valence-electron chi connectivity index (χ1n) is 10.7. The van der Waals surface area contributed by atoms with Crippen LogP contribution in [0.5, 0.6) is 17.2 Å². The molecule has 0 N–H and O–H groups in total. The van der Waals surface area contributed by atoms with Crippen LogP contribution in [-0.2, 0) is 11.2 Å². The van der Waals surface area contributed by atoms with Crippen LogP contribution in [0, 0.1) is 6.92 Å². The molecule has 8 nitrogen and oxygen atoms in total. The van der Waals surface area contributed by atoms with Crippen LogP contribution in [0.15, 0.2) is 60.2 Å². The summed E-state index contributed by atoms with van der Waals surface area (Å²) in [5.41, 5.74) is 3.29. The third-order valence-electron chi connectivity index (χ3n) is 5.80. The number of hydrogen-bond acceptors (Lipinski definition) is 9. The number of nitrogens with zero attached hydrogens (tertiary/aromatic N) is 2. The van der Waals surface area contributed by atoms with E-state index in [1.165, 1.54) is 0 Å². The fourth-order valence-corrected chi connectivity index (χ4v) is 4.62. The number of benzene rings is 3. The zero-order valence-corrected chi connectivity index (χ0v) is 22.7. The second-order valence-corrected chi connectivity index (χ2v) is 8.52. The summed E-state index contributed by atoms with van der Waals surface area (Å²) in [6.45, 7) is 1.95. The SMILES string of the molecule is COc1ccc(C/C(C(=O)c2ccc3c(c2)OCO3)=C(\C(=O)[O-])c2ccc3nsnc3c2)cc1C.[Na+]. The van der Waals surface area contributed by atoms with Crippen LogP contribution < -0.4 is 48.9 Å². The maximum absolute atomic E-state index is 13.8. The van der Waals surface area contributed by atoms with Crippen LogP contribution in [-0.4, -0.2) is 34.4 Å². The van der Waals surface area contributed by atoms with Crippen molar-refractivity contribution in [2.75, 3.05) is 13.9 Å². The first-order valence-corrected chi connectivity index (χ1v) is 11.4. The molecular weight excluding hydrogens is 491 g/mol. The van der Waals surface area contributed by atoms with Gasteiger partial charge in [-0.1, -0.05) is 18.2 Å². The van der Waals surface area contributed by atoms with Gasteiger partial charge < -0.3 is 24.1 Å². The van der Waals surface area contributed by atoms with Gasteiger partial charge in [0.15, 0.2) is 17.3 Å². The molecule has 0 spiro atoms. The maximum Gasteiger partial charge on any atom is 1.00 e. The Morgan fingerprint density at radius 3 is 2.47 bits per heavy atom. The number of allylic oxidation sites excluding steroid dienone is 1. The van der Waals surface area contributed by atoms with E-state index in [9.17, 15) is 14.7 Å². The summed E-state index contributed by atoms with van der Waals surface area (Å²) in [6.07, 6.45) is 0.0643. The number of ketones is 1. The average Bonchev–Trinajstić information content (AvgIpc) is 3.51. The molecule has 0 unspecified atom stereocenters. The molecule has 0 atom stereocenters. The zero-order valence-electron chi connectivity index (χ0n) is 19.9. The molecule has 1 aliphatic heterocycles. The number of carbonyl (C=O) groups is 2. The number of fused-ring (bicyclic) bond motifs is 2. The number of hydrogen-bond donors (Lipinski definition) is 0. The smallest absolute Gasteiger partial charge is 0.545 e. The summed E-state index contributed by atoms with van der Waals surface area (Å²) in [5, 5.41) is 12.5. The van der Waals surface area contributed by atoms with Crippen LogP contribution in [0.3, 0.4) is 0 Å². The van der Waals surface area contributed by atoms with E-state index >= 15 is 0 Å². The molecule has 5 rings (SSSR count). The van der Waals surface area contributed by atoms with Gasteiger partial charge in [0.25, 0.3) is 0 Å². The van der Waals surface area contributed by atoms with Gasteiger partial charge in [0, 0.05) is 23.1 Å². The molecule has 0 amide bonds. The Morgan fingerprint density at radius 1 is 0.972 bits per heavy atom. The van der Waals surface area contributed by atoms with Gasteiger partial charge in [-0.3, -0.25) is 4.79 Å². The predicted octanol–water partition coefficient (Wildman–Crippen LogP) is 0.370. The van der Waals surface area contributed by atoms with Gasteiger partial charge in [-0.15, -0.1) is 0 Å². The number of aryl methyl sites for hydroxylation is 1. The molecule has 0 radical (unpaired) electrons. The molecule has 0 bridgehead atoms. The number of carbonyl (C=O) groups excluding carboxylic acids is 2. The third kappa shape index (κ3) is 5.01. The van der Waals surface area contributed by atoms with E-state index in [2.05, 4.69) is 8.75 Å². The molecule has 3 aromatic carbocycles. The van der Waals surface area contributed by atoms with Gasteiger partial charge in [-0.05, 0) is 60.0 Å². The molecule has 0 saturated heterocycles. The number of aliphatic carboxylic acids is 1. The number of aromatic nitrogens is 2. The van der Waals surface area contributed by atoms with E-state index in [0.717, 1.165) is 22.9 Å². The summed E-state index contributed by atoms with van der Waals surface area (Å²) >= 11 is 1.03. The van der Waals surface area contributed by atoms with E-state index < -0.39 is 11.8 Å². The van der Waals surface area contributed by atoms with Gasteiger partial charge in [-0.25, -0.2) is 0 Å². The predicted molar refractivity (Wildman–Crippen MR) is 128 cm³/mol. The number of carboxylic acids is 1. The summed E-state index contributed by atoms with van der Waals surface area (Å²) in [5.74, 6) is -0.253. The fourth-order valence-electron chi connectivity index (χ4n) is 4.10. The fraction of sp³-hybridized carbons (Fsp3) is 0.154. The van der Waals surface area contributed by atoms with Crippen molar-refractivity contribution in [3.63, 3.8) is 0 Å². The second-order valence-electron chi connectivity index (χ2n) is 7.99. The van der Waals surface area contributed by atoms with Crippen LogP contribution in [0.25, 0.3) is 16.6 Å². The summed E-state index contributed by atoms with van der Waals surface area (Å²) in [4.78, 5) is 26.3. The largest absolute Gasteiger partial charge is 1.00 e. The van der Waals surface area contributed by atoms with E-state index in [0.29, 0.717) is 33.8 Å². The van der Waals surface area contributed by atoms with Crippen molar-refractivity contribution < 1.29 is 58.5 Å². The van der Waals surface area contributed by atoms with E-state index in [1.807, 2.05) is 13.0 Å². The minimum absolute atomic E-state index is 0. The Hall–Kier alpha value is -3.24. The molecule has 2 heterocycles. The first kappa shape index (κ1) is 25.8. The topological polar surface area (TPSA) is 111 Å². The number of rotatable bonds is 7. The summed E-state index contributed by atoms with van der Waals surface area (Å²) < 4.78 is 24.5. The Morgan fingerprint density at radius 2 is 1.72 bits per heavy atom.